The van der Waals surface area contributed by atoms with Crippen LogP contribution in [0.5, 0.6) is 0 Å². The number of carbonyl (C=O) groups excluding carboxylic acids is 2. The number of hydrogen-bond acceptors (Lipinski definition) is 2. The average molecular weight is 234 g/mol. The van der Waals surface area contributed by atoms with E-state index >= 15 is 0 Å². The lowest BCUT2D eigenvalue weighted by Gasteiger charge is -2.16. The van der Waals surface area contributed by atoms with Crippen LogP contribution in [0.2, 0.25) is 0 Å². The van der Waals surface area contributed by atoms with Gasteiger partial charge in [0.1, 0.15) is 0 Å². The summed E-state index contributed by atoms with van der Waals surface area (Å²) in [6.45, 7) is 1.80. The van der Waals surface area contributed by atoms with Crippen LogP contribution in [0.25, 0.3) is 0 Å². The maximum absolute atomic E-state index is 11.9. The second kappa shape index (κ2) is 4.99. The molecule has 0 aliphatic rings. The van der Waals surface area contributed by atoms with Crippen molar-refractivity contribution < 1.29 is 9.59 Å². The van der Waals surface area contributed by atoms with Gasteiger partial charge in [0, 0.05) is 39.3 Å². The molecule has 0 N–H and O–H groups in total. The number of amides is 2. The molecular formula is C13H18N2O2. The first-order valence-corrected chi connectivity index (χ1v) is 5.39. The number of rotatable bonds is 2. The van der Waals surface area contributed by atoms with Crippen LogP contribution in [0.3, 0.4) is 0 Å². The standard InChI is InChI=1S/C13H18N2O2/c1-9-10(12(16)14(2)3)7-6-8-11(9)13(17)15(4)5/h6-8H,1-5H3. The van der Waals surface area contributed by atoms with E-state index in [0.717, 1.165) is 5.56 Å². The number of benzene rings is 1. The van der Waals surface area contributed by atoms with E-state index in [-0.39, 0.29) is 11.8 Å². The lowest BCUT2D eigenvalue weighted by atomic mass is 10.0. The van der Waals surface area contributed by atoms with Crippen molar-refractivity contribution in [1.29, 1.82) is 0 Å². The van der Waals surface area contributed by atoms with Crippen molar-refractivity contribution in [2.24, 2.45) is 0 Å². The van der Waals surface area contributed by atoms with E-state index in [1.54, 1.807) is 53.3 Å². The molecular weight excluding hydrogens is 216 g/mol. The summed E-state index contributed by atoms with van der Waals surface area (Å²) in [5.74, 6) is -0.174. The van der Waals surface area contributed by atoms with Gasteiger partial charge in [-0.3, -0.25) is 9.59 Å². The molecule has 2 amide bonds. The van der Waals surface area contributed by atoms with Crippen LogP contribution in [0, 0.1) is 6.92 Å². The molecule has 0 spiro atoms. The molecule has 0 radical (unpaired) electrons. The molecule has 4 heteroatoms. The van der Waals surface area contributed by atoms with Crippen molar-refractivity contribution in [3.05, 3.63) is 34.9 Å². The van der Waals surface area contributed by atoms with Crippen LogP contribution in [0.15, 0.2) is 18.2 Å². The summed E-state index contributed by atoms with van der Waals surface area (Å²) in [6.07, 6.45) is 0. The Balaban J connectivity index is 3.25. The van der Waals surface area contributed by atoms with Gasteiger partial charge < -0.3 is 9.80 Å². The summed E-state index contributed by atoms with van der Waals surface area (Å²) in [6, 6.07) is 5.22. The SMILES string of the molecule is Cc1c(C(=O)N(C)C)cccc1C(=O)N(C)C. The summed E-state index contributed by atoms with van der Waals surface area (Å²) in [5, 5.41) is 0. The Morgan fingerprint density at radius 2 is 1.24 bits per heavy atom. The van der Waals surface area contributed by atoms with Crippen molar-refractivity contribution in [2.45, 2.75) is 6.92 Å². The monoisotopic (exact) mass is 234 g/mol. The lowest BCUT2D eigenvalue weighted by Crippen LogP contribution is -2.26. The minimum absolute atomic E-state index is 0.0871. The number of carbonyl (C=O) groups is 2. The third-order valence-corrected chi connectivity index (χ3v) is 2.61. The zero-order chi connectivity index (χ0) is 13.2. The van der Waals surface area contributed by atoms with Crippen molar-refractivity contribution in [1.82, 2.24) is 9.80 Å². The molecule has 0 saturated carbocycles. The van der Waals surface area contributed by atoms with E-state index < -0.39 is 0 Å². The molecule has 0 unspecified atom stereocenters. The fourth-order valence-electron chi connectivity index (χ4n) is 1.58. The first-order valence-electron chi connectivity index (χ1n) is 5.39. The topological polar surface area (TPSA) is 40.6 Å². The predicted molar refractivity (Wildman–Crippen MR) is 67.2 cm³/mol. The van der Waals surface area contributed by atoms with Gasteiger partial charge >= 0.3 is 0 Å². The van der Waals surface area contributed by atoms with E-state index in [1.165, 1.54) is 9.80 Å². The van der Waals surface area contributed by atoms with E-state index in [2.05, 4.69) is 0 Å². The fourth-order valence-corrected chi connectivity index (χ4v) is 1.58. The largest absolute Gasteiger partial charge is 0.345 e. The summed E-state index contributed by atoms with van der Waals surface area (Å²) in [7, 11) is 6.79. The van der Waals surface area contributed by atoms with Gasteiger partial charge in [0.05, 0.1) is 0 Å². The maximum atomic E-state index is 11.9. The van der Waals surface area contributed by atoms with E-state index in [4.69, 9.17) is 0 Å². The Morgan fingerprint density at radius 3 is 1.53 bits per heavy atom. The summed E-state index contributed by atoms with van der Waals surface area (Å²) in [5.41, 5.74) is 1.87. The second-order valence-corrected chi connectivity index (χ2v) is 4.38. The van der Waals surface area contributed by atoms with Gasteiger partial charge in [-0.1, -0.05) is 6.07 Å². The highest BCUT2D eigenvalue weighted by atomic mass is 16.2. The molecule has 1 rings (SSSR count). The molecule has 4 nitrogen and oxygen atoms in total. The second-order valence-electron chi connectivity index (χ2n) is 4.38. The van der Waals surface area contributed by atoms with Gasteiger partial charge in [-0.2, -0.15) is 0 Å². The molecule has 0 saturated heterocycles. The van der Waals surface area contributed by atoms with Crippen molar-refractivity contribution in [2.75, 3.05) is 28.2 Å². The fraction of sp³-hybridized carbons (Fsp3) is 0.385. The predicted octanol–water partition coefficient (Wildman–Crippen LogP) is 1.40. The first kappa shape index (κ1) is 13.2. The molecule has 0 aromatic heterocycles. The average Bonchev–Trinajstić information content (AvgIpc) is 2.27. The first-order chi connectivity index (χ1) is 7.86. The van der Waals surface area contributed by atoms with Gasteiger partial charge in [0.15, 0.2) is 0 Å². The molecule has 0 atom stereocenters. The van der Waals surface area contributed by atoms with Crippen LogP contribution in [-0.4, -0.2) is 49.8 Å². The minimum Gasteiger partial charge on any atom is -0.345 e. The molecule has 1 aromatic rings. The number of nitrogens with zero attached hydrogens (tertiary/aromatic N) is 2. The van der Waals surface area contributed by atoms with Crippen molar-refractivity contribution >= 4 is 11.8 Å². The van der Waals surface area contributed by atoms with Crippen molar-refractivity contribution in [3.63, 3.8) is 0 Å². The Bertz CT molecular complexity index is 412. The van der Waals surface area contributed by atoms with Crippen LogP contribution in [0.4, 0.5) is 0 Å². The Labute approximate surface area is 102 Å². The quantitative estimate of drug-likeness (QED) is 0.776. The third-order valence-electron chi connectivity index (χ3n) is 2.61. The van der Waals surface area contributed by atoms with Gasteiger partial charge in [0.25, 0.3) is 11.8 Å². The maximum Gasteiger partial charge on any atom is 0.253 e. The number of hydrogen-bond donors (Lipinski definition) is 0. The normalized spacial score (nSPS) is 9.94. The molecule has 0 heterocycles. The van der Waals surface area contributed by atoms with Gasteiger partial charge in [-0.15, -0.1) is 0 Å². The molecule has 17 heavy (non-hydrogen) atoms. The molecule has 0 fully saturated rings. The summed E-state index contributed by atoms with van der Waals surface area (Å²) in [4.78, 5) is 26.8. The van der Waals surface area contributed by atoms with Crippen LogP contribution in [0.1, 0.15) is 26.3 Å². The summed E-state index contributed by atoms with van der Waals surface area (Å²) < 4.78 is 0. The Kier molecular flexibility index (Phi) is 3.89. The van der Waals surface area contributed by atoms with E-state index in [9.17, 15) is 9.59 Å². The highest BCUT2D eigenvalue weighted by Crippen LogP contribution is 2.16. The van der Waals surface area contributed by atoms with Crippen LogP contribution >= 0.6 is 0 Å². The zero-order valence-corrected chi connectivity index (χ0v) is 10.9. The highest BCUT2D eigenvalue weighted by Gasteiger charge is 2.17. The van der Waals surface area contributed by atoms with Crippen LogP contribution in [-0.2, 0) is 0 Å². The molecule has 92 valence electrons. The Morgan fingerprint density at radius 1 is 0.882 bits per heavy atom. The molecule has 0 aliphatic carbocycles. The van der Waals surface area contributed by atoms with E-state index in [0.29, 0.717) is 11.1 Å². The zero-order valence-electron chi connectivity index (χ0n) is 10.9. The minimum atomic E-state index is -0.0871. The van der Waals surface area contributed by atoms with Gasteiger partial charge in [-0.05, 0) is 24.6 Å². The van der Waals surface area contributed by atoms with E-state index in [1.807, 2.05) is 0 Å². The molecule has 1 aromatic carbocycles. The molecule has 0 bridgehead atoms. The highest BCUT2D eigenvalue weighted by molar-refractivity contribution is 6.01. The van der Waals surface area contributed by atoms with Crippen molar-refractivity contribution in [3.8, 4) is 0 Å². The molecule has 0 aliphatic heterocycles. The Hall–Kier alpha value is -1.84. The lowest BCUT2D eigenvalue weighted by molar-refractivity contribution is 0.0825. The van der Waals surface area contributed by atoms with Crippen LogP contribution < -0.4 is 0 Å². The third kappa shape index (κ3) is 2.64. The smallest absolute Gasteiger partial charge is 0.253 e. The van der Waals surface area contributed by atoms with Gasteiger partial charge in [-0.25, -0.2) is 0 Å². The van der Waals surface area contributed by atoms with Gasteiger partial charge in [0.2, 0.25) is 0 Å². The summed E-state index contributed by atoms with van der Waals surface area (Å²) >= 11 is 0.